The van der Waals surface area contributed by atoms with Gasteiger partial charge in [0.1, 0.15) is 11.2 Å². The Labute approximate surface area is 269 Å². The lowest BCUT2D eigenvalue weighted by molar-refractivity contribution is 0.669. The van der Waals surface area contributed by atoms with Crippen LogP contribution in [0.1, 0.15) is 0 Å². The smallest absolute Gasteiger partial charge is 0.136 e. The van der Waals surface area contributed by atoms with E-state index in [-0.39, 0.29) is 0 Å². The third kappa shape index (κ3) is 3.43. The molecule has 3 aromatic heterocycles. The summed E-state index contributed by atoms with van der Waals surface area (Å²) in [5.74, 6) is 0. The molecule has 0 aliphatic heterocycles. The maximum atomic E-state index is 6.85. The normalized spacial score (nSPS) is 12.0. The van der Waals surface area contributed by atoms with Crippen LogP contribution in [0.5, 0.6) is 0 Å². The number of rotatable bonds is 3. The van der Waals surface area contributed by atoms with Crippen LogP contribution in [0.15, 0.2) is 156 Å². The van der Waals surface area contributed by atoms with Gasteiger partial charge in [-0.2, -0.15) is 0 Å². The number of hydrogen-bond donors (Lipinski definition) is 0. The van der Waals surface area contributed by atoms with Gasteiger partial charge in [-0.05, 0) is 65.7 Å². The van der Waals surface area contributed by atoms with Crippen LogP contribution in [0.25, 0.3) is 88.1 Å². The first kappa shape index (κ1) is 25.5. The van der Waals surface area contributed by atoms with Gasteiger partial charge in [-0.15, -0.1) is 0 Å². The van der Waals surface area contributed by atoms with Crippen molar-refractivity contribution >= 4 is 77.2 Å². The molecule has 0 saturated carbocycles. The second-order valence-electron chi connectivity index (χ2n) is 11.8. The van der Waals surface area contributed by atoms with Crippen molar-refractivity contribution in [1.29, 1.82) is 0 Å². The van der Waals surface area contributed by atoms with E-state index in [1.54, 1.807) is 0 Å². The number of hydrogen-bond acceptors (Lipinski definition) is 1. The van der Waals surface area contributed by atoms with Gasteiger partial charge in [0, 0.05) is 43.7 Å². The Kier molecular flexibility index (Phi) is 5.34. The van der Waals surface area contributed by atoms with Crippen LogP contribution in [0.2, 0.25) is 5.02 Å². The molecule has 10 aromatic rings. The average Bonchev–Trinajstić information content (AvgIpc) is 3.77. The van der Waals surface area contributed by atoms with Gasteiger partial charge in [-0.1, -0.05) is 109 Å². The molecule has 0 aliphatic carbocycles. The van der Waals surface area contributed by atoms with Gasteiger partial charge in [0.15, 0.2) is 0 Å². The molecule has 3 heterocycles. The third-order valence-electron chi connectivity index (χ3n) is 9.38. The highest BCUT2D eigenvalue weighted by Crippen LogP contribution is 2.47. The maximum absolute atomic E-state index is 6.85. The summed E-state index contributed by atoms with van der Waals surface area (Å²) in [5, 5.41) is 7.53. The van der Waals surface area contributed by atoms with E-state index in [1.807, 2.05) is 24.3 Å². The first-order valence-corrected chi connectivity index (χ1v) is 15.9. The summed E-state index contributed by atoms with van der Waals surface area (Å²) in [5.41, 5.74) is 10.8. The Hall–Kier alpha value is -5.77. The van der Waals surface area contributed by atoms with Crippen LogP contribution >= 0.6 is 11.6 Å². The zero-order valence-corrected chi connectivity index (χ0v) is 25.4. The van der Waals surface area contributed by atoms with Crippen LogP contribution in [0.4, 0.5) is 0 Å². The zero-order valence-electron chi connectivity index (χ0n) is 24.6. The number of fused-ring (bicyclic) bond motifs is 10. The fourth-order valence-corrected chi connectivity index (χ4v) is 7.82. The van der Waals surface area contributed by atoms with E-state index < -0.39 is 0 Å². The van der Waals surface area contributed by atoms with Crippen molar-refractivity contribution in [3.63, 3.8) is 0 Å². The molecule has 0 spiro atoms. The van der Waals surface area contributed by atoms with E-state index in [1.165, 1.54) is 38.1 Å². The van der Waals surface area contributed by atoms with Gasteiger partial charge in [-0.3, -0.25) is 0 Å². The molecule has 3 nitrogen and oxygen atoms in total. The van der Waals surface area contributed by atoms with Gasteiger partial charge >= 0.3 is 0 Å². The highest BCUT2D eigenvalue weighted by Gasteiger charge is 2.24. The first-order chi connectivity index (χ1) is 22.8. The maximum Gasteiger partial charge on any atom is 0.136 e. The van der Waals surface area contributed by atoms with Gasteiger partial charge < -0.3 is 13.6 Å². The Morgan fingerprint density at radius 1 is 0.391 bits per heavy atom. The fourth-order valence-electron chi connectivity index (χ4n) is 7.56. The molecule has 0 radical (unpaired) electrons. The molecule has 10 rings (SSSR count). The largest absolute Gasteiger partial charge is 0.456 e. The molecule has 0 aliphatic rings. The second-order valence-corrected chi connectivity index (χ2v) is 12.2. The van der Waals surface area contributed by atoms with Crippen molar-refractivity contribution < 1.29 is 4.42 Å². The van der Waals surface area contributed by atoms with Crippen LogP contribution in [0, 0.1) is 0 Å². The predicted molar refractivity (Wildman–Crippen MR) is 193 cm³/mol. The van der Waals surface area contributed by atoms with Crippen molar-refractivity contribution in [3.05, 3.63) is 157 Å². The minimum absolute atomic E-state index is 0.691. The van der Waals surface area contributed by atoms with E-state index in [9.17, 15) is 0 Å². The van der Waals surface area contributed by atoms with Crippen molar-refractivity contribution in [2.24, 2.45) is 0 Å². The van der Waals surface area contributed by atoms with Crippen molar-refractivity contribution in [2.75, 3.05) is 0 Å². The SMILES string of the molecule is Clc1cccc2oc3cccc(-c4cccc5c4c4ccc6c7ccccc7n(-c7ccccc7)c6c4n5-c4ccccc4)c3c12. The molecule has 0 unspecified atom stereocenters. The lowest BCUT2D eigenvalue weighted by Crippen LogP contribution is -1.98. The highest BCUT2D eigenvalue weighted by atomic mass is 35.5. The van der Waals surface area contributed by atoms with E-state index >= 15 is 0 Å². The summed E-state index contributed by atoms with van der Waals surface area (Å²) >= 11 is 6.85. The Morgan fingerprint density at radius 2 is 0.935 bits per heavy atom. The number of furan rings is 1. The molecule has 0 saturated heterocycles. The molecular weight excluding hydrogens is 584 g/mol. The van der Waals surface area contributed by atoms with Gasteiger partial charge in [-0.25, -0.2) is 0 Å². The summed E-state index contributed by atoms with van der Waals surface area (Å²) < 4.78 is 11.2. The minimum atomic E-state index is 0.691. The molecule has 216 valence electrons. The third-order valence-corrected chi connectivity index (χ3v) is 9.69. The van der Waals surface area contributed by atoms with E-state index in [0.29, 0.717) is 5.02 Å². The fraction of sp³-hybridized carbons (Fsp3) is 0. The molecular formula is C42H25ClN2O. The molecule has 4 heteroatoms. The van der Waals surface area contributed by atoms with Crippen LogP contribution < -0.4 is 0 Å². The number of nitrogens with zero attached hydrogens (tertiary/aromatic N) is 2. The molecule has 0 bridgehead atoms. The Balaban J connectivity index is 1.45. The van der Waals surface area contributed by atoms with Crippen molar-refractivity contribution in [3.8, 4) is 22.5 Å². The zero-order chi connectivity index (χ0) is 30.4. The predicted octanol–water partition coefficient (Wildman–Crippen LogP) is 12.1. The Bertz CT molecular complexity index is 2800. The molecule has 46 heavy (non-hydrogen) atoms. The quantitative estimate of drug-likeness (QED) is 0.196. The summed E-state index contributed by atoms with van der Waals surface area (Å²) in [6, 6.07) is 53.6. The first-order valence-electron chi connectivity index (χ1n) is 15.5. The van der Waals surface area contributed by atoms with Gasteiger partial charge in [0.25, 0.3) is 0 Å². The number of aromatic nitrogens is 2. The van der Waals surface area contributed by atoms with Crippen LogP contribution in [0.3, 0.4) is 0 Å². The molecule has 0 amide bonds. The van der Waals surface area contributed by atoms with Gasteiger partial charge in [0.2, 0.25) is 0 Å². The standard InChI is InChI=1S/C42H25ClN2O/c43-33-19-11-23-37-40(33)39-30(18-10-22-36(39)46-37)29-17-9-21-35-38(29)32-25-24-31-28-16-7-8-20-34(28)44(26-12-3-1-4-13-26)41(31)42(32)45(35)27-14-5-2-6-15-27/h1-25H. The van der Waals surface area contributed by atoms with Crippen molar-refractivity contribution in [2.45, 2.75) is 0 Å². The van der Waals surface area contributed by atoms with E-state index in [2.05, 4.69) is 137 Å². The molecule has 0 atom stereocenters. The highest BCUT2D eigenvalue weighted by molar-refractivity contribution is 6.38. The average molecular weight is 609 g/mol. The number of benzene rings is 7. The van der Waals surface area contributed by atoms with Crippen LogP contribution in [-0.2, 0) is 0 Å². The van der Waals surface area contributed by atoms with E-state index in [4.69, 9.17) is 16.0 Å². The van der Waals surface area contributed by atoms with Crippen LogP contribution in [-0.4, -0.2) is 9.13 Å². The lowest BCUT2D eigenvalue weighted by Gasteiger charge is -2.12. The summed E-state index contributed by atoms with van der Waals surface area (Å²) in [4.78, 5) is 0. The summed E-state index contributed by atoms with van der Waals surface area (Å²) in [6.07, 6.45) is 0. The summed E-state index contributed by atoms with van der Waals surface area (Å²) in [7, 11) is 0. The van der Waals surface area contributed by atoms with E-state index in [0.717, 1.165) is 50.0 Å². The molecule has 7 aromatic carbocycles. The minimum Gasteiger partial charge on any atom is -0.456 e. The lowest BCUT2D eigenvalue weighted by atomic mass is 9.95. The summed E-state index contributed by atoms with van der Waals surface area (Å²) in [6.45, 7) is 0. The number of para-hydroxylation sites is 3. The second kappa shape index (κ2) is 9.61. The Morgan fingerprint density at radius 3 is 1.70 bits per heavy atom. The monoisotopic (exact) mass is 608 g/mol. The van der Waals surface area contributed by atoms with Crippen molar-refractivity contribution in [1.82, 2.24) is 9.13 Å². The number of halogens is 1. The molecule has 0 fully saturated rings. The topological polar surface area (TPSA) is 23.0 Å². The molecule has 0 N–H and O–H groups in total. The van der Waals surface area contributed by atoms with Gasteiger partial charge in [0.05, 0.1) is 27.1 Å².